The van der Waals surface area contributed by atoms with E-state index < -0.39 is 24.4 Å². The highest BCUT2D eigenvalue weighted by molar-refractivity contribution is 5.69. The minimum absolute atomic E-state index is 0.282. The van der Waals surface area contributed by atoms with Crippen LogP contribution in [0.15, 0.2) is 30.3 Å². The number of nitrogens with zero attached hydrogens (tertiary/aromatic N) is 1. The molecule has 0 saturated carbocycles. The first kappa shape index (κ1) is 12.7. The summed E-state index contributed by atoms with van der Waals surface area (Å²) < 4.78 is 42.3. The number of hydrogen-bond donors (Lipinski definition) is 0. The molecule has 0 spiro atoms. The number of carbonyl (C=O) groups is 1. The normalized spacial score (nSPS) is 24.9. The molecule has 0 radical (unpaired) electrons. The summed E-state index contributed by atoms with van der Waals surface area (Å²) in [5.74, 6) is 0. The molecular weight excluding hydrogens is 247 g/mol. The van der Waals surface area contributed by atoms with E-state index in [0.29, 0.717) is 5.56 Å². The Kier molecular flexibility index (Phi) is 3.19. The van der Waals surface area contributed by atoms with Crippen molar-refractivity contribution in [1.82, 2.24) is 4.90 Å². The van der Waals surface area contributed by atoms with E-state index in [-0.39, 0.29) is 6.42 Å². The summed E-state index contributed by atoms with van der Waals surface area (Å²) >= 11 is 0. The van der Waals surface area contributed by atoms with Gasteiger partial charge >= 0.3 is 12.3 Å². The van der Waals surface area contributed by atoms with E-state index in [4.69, 9.17) is 0 Å². The standard InChI is InChI=1S/C12H12F3NO2/c1-16-9(8-5-3-2-4-6-8)7-10(12(13,14)15)18-11(16)17/h2-6,9-10H,7H2,1H3/t9-,10+/m1/s1. The lowest BCUT2D eigenvalue weighted by Crippen LogP contribution is -2.47. The number of ether oxygens (including phenoxy) is 1. The van der Waals surface area contributed by atoms with Crippen LogP contribution in [0.4, 0.5) is 18.0 Å². The quantitative estimate of drug-likeness (QED) is 0.775. The molecule has 0 N–H and O–H groups in total. The average molecular weight is 259 g/mol. The fourth-order valence-electron chi connectivity index (χ4n) is 1.98. The molecule has 0 bridgehead atoms. The van der Waals surface area contributed by atoms with E-state index in [2.05, 4.69) is 4.74 Å². The molecule has 6 heteroatoms. The van der Waals surface area contributed by atoms with Gasteiger partial charge < -0.3 is 9.64 Å². The Bertz CT molecular complexity index is 433. The molecule has 1 aromatic rings. The van der Waals surface area contributed by atoms with Crippen molar-refractivity contribution in [1.29, 1.82) is 0 Å². The molecule has 1 saturated heterocycles. The molecule has 18 heavy (non-hydrogen) atoms. The minimum Gasteiger partial charge on any atom is -0.436 e. The number of halogens is 3. The first-order valence-corrected chi connectivity index (χ1v) is 5.44. The first-order chi connectivity index (χ1) is 8.39. The van der Waals surface area contributed by atoms with E-state index in [1.165, 1.54) is 11.9 Å². The van der Waals surface area contributed by atoms with Gasteiger partial charge in [-0.25, -0.2) is 4.79 Å². The van der Waals surface area contributed by atoms with Gasteiger partial charge in [0.05, 0.1) is 6.04 Å². The van der Waals surface area contributed by atoms with Crippen molar-refractivity contribution in [3.8, 4) is 0 Å². The van der Waals surface area contributed by atoms with Crippen molar-refractivity contribution in [2.75, 3.05) is 7.05 Å². The zero-order chi connectivity index (χ0) is 13.3. The van der Waals surface area contributed by atoms with Gasteiger partial charge in [-0.2, -0.15) is 13.2 Å². The summed E-state index contributed by atoms with van der Waals surface area (Å²) in [5, 5.41) is 0. The second kappa shape index (κ2) is 4.51. The Morgan fingerprint density at radius 2 is 1.89 bits per heavy atom. The molecule has 2 atom stereocenters. The molecule has 1 aliphatic heterocycles. The van der Waals surface area contributed by atoms with E-state index >= 15 is 0 Å². The lowest BCUT2D eigenvalue weighted by atomic mass is 9.98. The zero-order valence-electron chi connectivity index (χ0n) is 9.65. The average Bonchev–Trinajstić information content (AvgIpc) is 2.32. The van der Waals surface area contributed by atoms with Crippen LogP contribution in [0.2, 0.25) is 0 Å². The molecule has 0 unspecified atom stereocenters. The van der Waals surface area contributed by atoms with Crippen LogP contribution in [0.5, 0.6) is 0 Å². The van der Waals surface area contributed by atoms with Crippen molar-refractivity contribution in [3.05, 3.63) is 35.9 Å². The van der Waals surface area contributed by atoms with Gasteiger partial charge in [0.2, 0.25) is 6.10 Å². The fourth-order valence-corrected chi connectivity index (χ4v) is 1.98. The van der Waals surface area contributed by atoms with Gasteiger partial charge in [0.15, 0.2) is 0 Å². The van der Waals surface area contributed by atoms with Crippen LogP contribution in [-0.2, 0) is 4.74 Å². The van der Waals surface area contributed by atoms with E-state index in [1.807, 2.05) is 0 Å². The molecular formula is C12H12F3NO2. The number of hydrogen-bond acceptors (Lipinski definition) is 2. The molecule has 3 nitrogen and oxygen atoms in total. The van der Waals surface area contributed by atoms with Crippen LogP contribution in [0.3, 0.4) is 0 Å². The topological polar surface area (TPSA) is 29.5 Å². The van der Waals surface area contributed by atoms with E-state index in [1.54, 1.807) is 30.3 Å². The van der Waals surface area contributed by atoms with Crippen molar-refractivity contribution in [2.24, 2.45) is 0 Å². The van der Waals surface area contributed by atoms with Crippen molar-refractivity contribution in [3.63, 3.8) is 0 Å². The summed E-state index contributed by atoms with van der Waals surface area (Å²) in [5.41, 5.74) is 0.672. The maximum absolute atomic E-state index is 12.6. The van der Waals surface area contributed by atoms with Gasteiger partial charge in [-0.1, -0.05) is 30.3 Å². The second-order valence-electron chi connectivity index (χ2n) is 4.19. The fraction of sp³-hybridized carbons (Fsp3) is 0.417. The lowest BCUT2D eigenvalue weighted by Gasteiger charge is -2.37. The molecule has 1 aliphatic rings. The largest absolute Gasteiger partial charge is 0.436 e. The first-order valence-electron chi connectivity index (χ1n) is 5.44. The van der Waals surface area contributed by atoms with Gasteiger partial charge in [0, 0.05) is 13.5 Å². The summed E-state index contributed by atoms with van der Waals surface area (Å²) in [6.45, 7) is 0. The third kappa shape index (κ3) is 2.42. The van der Waals surface area contributed by atoms with Crippen LogP contribution < -0.4 is 0 Å². The Labute approximate surface area is 102 Å². The predicted molar refractivity (Wildman–Crippen MR) is 57.9 cm³/mol. The SMILES string of the molecule is CN1C(=O)O[C@H](C(F)(F)F)C[C@@H]1c1ccccc1. The van der Waals surface area contributed by atoms with Gasteiger partial charge in [0.1, 0.15) is 0 Å². The number of benzene rings is 1. The Hall–Kier alpha value is -1.72. The number of alkyl halides is 3. The van der Waals surface area contributed by atoms with Gasteiger partial charge in [0.25, 0.3) is 0 Å². The third-order valence-corrected chi connectivity index (χ3v) is 2.99. The molecule has 1 heterocycles. The number of cyclic esters (lactones) is 1. The molecule has 0 aliphatic carbocycles. The van der Waals surface area contributed by atoms with Gasteiger partial charge in [-0.3, -0.25) is 0 Å². The number of amides is 1. The van der Waals surface area contributed by atoms with Gasteiger partial charge in [-0.05, 0) is 5.56 Å². The van der Waals surface area contributed by atoms with Crippen LogP contribution in [0.25, 0.3) is 0 Å². The van der Waals surface area contributed by atoms with Crippen molar-refractivity contribution < 1.29 is 22.7 Å². The minimum atomic E-state index is -4.52. The number of rotatable bonds is 1. The summed E-state index contributed by atoms with van der Waals surface area (Å²) in [6, 6.07) is 8.02. The lowest BCUT2D eigenvalue weighted by molar-refractivity contribution is -0.219. The van der Waals surface area contributed by atoms with Crippen LogP contribution in [0, 0.1) is 0 Å². The molecule has 1 amide bonds. The molecule has 2 rings (SSSR count). The Morgan fingerprint density at radius 3 is 2.44 bits per heavy atom. The van der Waals surface area contributed by atoms with Crippen LogP contribution in [-0.4, -0.2) is 30.3 Å². The Balaban J connectivity index is 2.26. The van der Waals surface area contributed by atoms with Crippen molar-refractivity contribution >= 4 is 6.09 Å². The van der Waals surface area contributed by atoms with E-state index in [0.717, 1.165) is 0 Å². The monoisotopic (exact) mass is 259 g/mol. The maximum atomic E-state index is 12.6. The molecule has 1 aromatic carbocycles. The summed E-state index contributed by atoms with van der Waals surface area (Å²) in [7, 11) is 1.44. The third-order valence-electron chi connectivity index (χ3n) is 2.99. The number of carbonyl (C=O) groups excluding carboxylic acids is 1. The zero-order valence-corrected chi connectivity index (χ0v) is 9.65. The summed E-state index contributed by atoms with van der Waals surface area (Å²) in [4.78, 5) is 12.6. The molecule has 98 valence electrons. The smallest absolute Gasteiger partial charge is 0.425 e. The van der Waals surface area contributed by atoms with Crippen molar-refractivity contribution in [2.45, 2.75) is 24.7 Å². The maximum Gasteiger partial charge on any atom is 0.425 e. The highest BCUT2D eigenvalue weighted by Gasteiger charge is 2.48. The predicted octanol–water partition coefficient (Wildman–Crippen LogP) is 3.13. The highest BCUT2D eigenvalue weighted by Crippen LogP contribution is 2.37. The molecule has 1 fully saturated rings. The highest BCUT2D eigenvalue weighted by atomic mass is 19.4. The van der Waals surface area contributed by atoms with Crippen LogP contribution >= 0.6 is 0 Å². The summed E-state index contributed by atoms with van der Waals surface area (Å²) in [6.07, 6.45) is -7.79. The van der Waals surface area contributed by atoms with Gasteiger partial charge in [-0.15, -0.1) is 0 Å². The molecule has 0 aromatic heterocycles. The Morgan fingerprint density at radius 1 is 1.28 bits per heavy atom. The van der Waals surface area contributed by atoms with E-state index in [9.17, 15) is 18.0 Å². The van der Waals surface area contributed by atoms with Crippen LogP contribution in [0.1, 0.15) is 18.0 Å². The second-order valence-corrected chi connectivity index (χ2v) is 4.19.